The van der Waals surface area contributed by atoms with Gasteiger partial charge in [0, 0.05) is 43.6 Å². The largest absolute Gasteiger partial charge is 0.491 e. The van der Waals surface area contributed by atoms with Crippen molar-refractivity contribution in [1.29, 1.82) is 0 Å². The number of likely N-dealkylation sites (tertiary alicyclic amines) is 1. The van der Waals surface area contributed by atoms with Crippen LogP contribution in [0.1, 0.15) is 57.1 Å². The summed E-state index contributed by atoms with van der Waals surface area (Å²) in [6.07, 6.45) is 6.66. The summed E-state index contributed by atoms with van der Waals surface area (Å²) in [5, 5.41) is 0.688. The zero-order chi connectivity index (χ0) is 35.8. The molecule has 50 heavy (non-hydrogen) atoms. The van der Waals surface area contributed by atoms with Gasteiger partial charge in [0.15, 0.2) is 0 Å². The number of nitrogens with one attached hydrogen (secondary N) is 1. The van der Waals surface area contributed by atoms with Crippen LogP contribution in [0.15, 0.2) is 53.4 Å². The lowest BCUT2D eigenvalue weighted by Crippen LogP contribution is -2.56. The highest BCUT2D eigenvalue weighted by molar-refractivity contribution is 7.90. The van der Waals surface area contributed by atoms with Gasteiger partial charge in [-0.1, -0.05) is 37.1 Å². The second kappa shape index (κ2) is 14.7. The Bertz CT molecular complexity index is 1730. The minimum absolute atomic E-state index is 0.0128. The number of likely N-dealkylation sites (N-methyl/N-ethyl adjacent to an activating group) is 1. The second-order valence-corrected chi connectivity index (χ2v) is 16.7. The van der Waals surface area contributed by atoms with Crippen molar-refractivity contribution >= 4 is 39.3 Å². The Balaban J connectivity index is 1.38. The van der Waals surface area contributed by atoms with Crippen LogP contribution in [0, 0.1) is 11.8 Å². The van der Waals surface area contributed by atoms with E-state index in [1.54, 1.807) is 49.9 Å². The summed E-state index contributed by atoms with van der Waals surface area (Å²) in [6, 6.07) is 10.8. The Morgan fingerprint density at radius 3 is 2.58 bits per heavy atom. The van der Waals surface area contributed by atoms with E-state index in [4.69, 9.17) is 25.8 Å². The summed E-state index contributed by atoms with van der Waals surface area (Å²) in [6.45, 7) is 8.42. The normalized spacial score (nSPS) is 26.8. The van der Waals surface area contributed by atoms with Gasteiger partial charge in [0.1, 0.15) is 11.9 Å². The van der Waals surface area contributed by atoms with Crippen molar-refractivity contribution in [3.63, 3.8) is 0 Å². The Labute approximate surface area is 300 Å². The highest BCUT2D eigenvalue weighted by Crippen LogP contribution is 2.44. The van der Waals surface area contributed by atoms with Crippen molar-refractivity contribution in [1.82, 2.24) is 14.5 Å². The predicted octanol–water partition coefficient (Wildman–Crippen LogP) is 5.22. The van der Waals surface area contributed by atoms with E-state index in [1.165, 1.54) is 11.6 Å². The van der Waals surface area contributed by atoms with Crippen LogP contribution in [0.3, 0.4) is 0 Å². The molecule has 2 bridgehead atoms. The molecule has 4 atom stereocenters. The first-order valence-corrected chi connectivity index (χ1v) is 19.4. The van der Waals surface area contributed by atoms with Crippen molar-refractivity contribution in [2.45, 2.75) is 75.0 Å². The minimum atomic E-state index is -4.21. The highest BCUT2D eigenvalue weighted by atomic mass is 35.5. The Hall–Kier alpha value is -3.32. The van der Waals surface area contributed by atoms with Gasteiger partial charge >= 0.3 is 6.09 Å². The molecule has 2 aromatic carbocycles. The van der Waals surface area contributed by atoms with E-state index in [1.807, 2.05) is 24.3 Å². The van der Waals surface area contributed by atoms with E-state index in [9.17, 15) is 18.0 Å². The number of hydrogen-bond donors (Lipinski definition) is 1. The van der Waals surface area contributed by atoms with E-state index < -0.39 is 27.6 Å². The Morgan fingerprint density at radius 1 is 1.10 bits per heavy atom. The molecule has 13 heteroatoms. The molecule has 2 amide bonds. The van der Waals surface area contributed by atoms with Crippen LogP contribution in [-0.2, 0) is 30.7 Å². The molecule has 2 aromatic rings. The summed E-state index contributed by atoms with van der Waals surface area (Å²) >= 11 is 6.43. The number of aryl methyl sites for hydroxylation is 1. The number of halogens is 1. The molecular weight excluding hydrogens is 680 g/mol. The van der Waals surface area contributed by atoms with Gasteiger partial charge in [-0.2, -0.15) is 0 Å². The van der Waals surface area contributed by atoms with Gasteiger partial charge in [0.05, 0.1) is 41.9 Å². The molecule has 272 valence electrons. The standard InChI is InChI=1S/C37H49ClN4O7S/c1-6-8-24-17-27(38)11-14-30(24)26-20-41-19-25-10-13-31(25)33(49-36(44)42-21-28(22-42)47-5)9-7-16-40(4)37(2,3)35(43)39-50(45,46)29-12-15-34(48-23-26)32(41)18-29/h7,9,11-12,14-15,17-18,25-26,28,31,33H,6,8,10,13,16,19-23H2,1-5H3,(H,39,43)/t25-,26-,31+,33-/m0/s1. The molecule has 6 rings (SSSR count). The van der Waals surface area contributed by atoms with E-state index >= 15 is 0 Å². The number of rotatable bonds is 5. The monoisotopic (exact) mass is 728 g/mol. The van der Waals surface area contributed by atoms with Gasteiger partial charge < -0.3 is 24.0 Å². The second-order valence-electron chi connectivity index (χ2n) is 14.6. The Kier molecular flexibility index (Phi) is 10.7. The van der Waals surface area contributed by atoms with Crippen LogP contribution in [-0.4, -0.2) is 101 Å². The molecule has 1 saturated carbocycles. The number of benzene rings is 2. The molecule has 3 heterocycles. The topological polar surface area (TPSA) is 118 Å². The fourth-order valence-electron chi connectivity index (χ4n) is 7.25. The number of fused-ring (bicyclic) bond motifs is 2. The maximum absolute atomic E-state index is 13.7. The van der Waals surface area contributed by atoms with Gasteiger partial charge in [-0.3, -0.25) is 9.69 Å². The molecule has 3 aliphatic heterocycles. The number of methoxy groups -OCH3 is 1. The molecule has 1 N–H and O–H groups in total. The molecule has 0 radical (unpaired) electrons. The lowest BCUT2D eigenvalue weighted by molar-refractivity contribution is -0.128. The molecule has 0 spiro atoms. The number of carbonyl (C=O) groups excluding carboxylic acids is 2. The van der Waals surface area contributed by atoms with Crippen LogP contribution in [0.2, 0.25) is 5.02 Å². The van der Waals surface area contributed by atoms with Gasteiger partial charge in [-0.25, -0.2) is 17.9 Å². The van der Waals surface area contributed by atoms with Gasteiger partial charge in [-0.05, 0) is 93.6 Å². The van der Waals surface area contributed by atoms with Crippen molar-refractivity contribution in [3.8, 4) is 5.75 Å². The number of amides is 2. The average Bonchev–Trinajstić information content (AvgIpc) is 3.21. The third-order valence-corrected chi connectivity index (χ3v) is 12.6. The quantitative estimate of drug-likeness (QED) is 0.414. The average molecular weight is 729 g/mol. The Morgan fingerprint density at radius 2 is 1.88 bits per heavy atom. The van der Waals surface area contributed by atoms with Crippen LogP contribution in [0.4, 0.5) is 10.5 Å². The zero-order valence-electron chi connectivity index (χ0n) is 29.6. The van der Waals surface area contributed by atoms with Crippen LogP contribution in [0.5, 0.6) is 5.75 Å². The van der Waals surface area contributed by atoms with Crippen molar-refractivity contribution in [2.24, 2.45) is 11.8 Å². The summed E-state index contributed by atoms with van der Waals surface area (Å²) in [7, 11) is -0.804. The van der Waals surface area contributed by atoms with E-state index in [0.717, 1.165) is 31.2 Å². The van der Waals surface area contributed by atoms with Gasteiger partial charge in [0.25, 0.3) is 15.9 Å². The smallest absolute Gasteiger partial charge is 0.410 e. The van der Waals surface area contributed by atoms with E-state index in [2.05, 4.69) is 22.6 Å². The maximum Gasteiger partial charge on any atom is 0.410 e. The summed E-state index contributed by atoms with van der Waals surface area (Å²) < 4.78 is 47.7. The predicted molar refractivity (Wildman–Crippen MR) is 192 cm³/mol. The fraction of sp³-hybridized carbons (Fsp3) is 0.568. The highest BCUT2D eigenvalue weighted by Gasteiger charge is 2.42. The molecule has 2 fully saturated rings. The number of ether oxygens (including phenoxy) is 3. The number of carbonyl (C=O) groups is 2. The zero-order valence-corrected chi connectivity index (χ0v) is 31.1. The lowest BCUT2D eigenvalue weighted by Gasteiger charge is -2.45. The first-order valence-electron chi connectivity index (χ1n) is 17.5. The fourth-order valence-corrected chi connectivity index (χ4v) is 8.58. The minimum Gasteiger partial charge on any atom is -0.491 e. The molecule has 0 aromatic heterocycles. The maximum atomic E-state index is 13.7. The molecule has 0 unspecified atom stereocenters. The molecule has 1 aliphatic carbocycles. The molecular formula is C37H49ClN4O7S. The molecule has 4 aliphatic rings. The first-order chi connectivity index (χ1) is 23.8. The lowest BCUT2D eigenvalue weighted by atomic mass is 9.70. The molecule has 11 nitrogen and oxygen atoms in total. The van der Waals surface area contributed by atoms with E-state index in [-0.39, 0.29) is 34.8 Å². The summed E-state index contributed by atoms with van der Waals surface area (Å²) in [5.41, 5.74) is 1.81. The summed E-state index contributed by atoms with van der Waals surface area (Å²) in [5.74, 6) is 0.120. The van der Waals surface area contributed by atoms with E-state index in [0.29, 0.717) is 55.8 Å². The first kappa shape index (κ1) is 36.5. The van der Waals surface area contributed by atoms with Crippen molar-refractivity contribution in [2.75, 3.05) is 58.4 Å². The van der Waals surface area contributed by atoms with Gasteiger partial charge in [0.2, 0.25) is 0 Å². The van der Waals surface area contributed by atoms with Crippen molar-refractivity contribution in [3.05, 3.63) is 64.7 Å². The van der Waals surface area contributed by atoms with Crippen LogP contribution >= 0.6 is 11.6 Å². The third kappa shape index (κ3) is 7.49. The summed E-state index contributed by atoms with van der Waals surface area (Å²) in [4.78, 5) is 32.4. The van der Waals surface area contributed by atoms with Gasteiger partial charge in [-0.15, -0.1) is 0 Å². The molecule has 1 saturated heterocycles. The number of hydrogen-bond acceptors (Lipinski definition) is 9. The van der Waals surface area contributed by atoms with Crippen LogP contribution in [0.25, 0.3) is 0 Å². The number of nitrogens with zero attached hydrogens (tertiary/aromatic N) is 3. The number of sulfonamides is 1. The number of anilines is 1. The van der Waals surface area contributed by atoms with Crippen LogP contribution < -0.4 is 14.4 Å². The van der Waals surface area contributed by atoms with Crippen molar-refractivity contribution < 1.29 is 32.2 Å². The third-order valence-electron chi connectivity index (χ3n) is 11.0. The SMILES string of the molecule is CCCc1cc(Cl)ccc1[C@@H]1COc2ccc3cc2N(C1)C[C@@H]1CC[C@H]1[C@@H](OC(=O)N1CC(OC)C1)C=CCN(C)C(C)(C)C(=O)NS3(=O)=O.